The molecule has 0 bridgehead atoms. The van der Waals surface area contributed by atoms with Crippen LogP contribution >= 0.6 is 11.8 Å². The summed E-state index contributed by atoms with van der Waals surface area (Å²) in [6, 6.07) is 0.650. The van der Waals surface area contributed by atoms with E-state index in [0.717, 1.165) is 10.5 Å². The van der Waals surface area contributed by atoms with Gasteiger partial charge in [-0.15, -0.1) is 0 Å². The van der Waals surface area contributed by atoms with Crippen molar-refractivity contribution in [1.29, 1.82) is 0 Å². The smallest absolute Gasteiger partial charge is 0.00461 e. The van der Waals surface area contributed by atoms with E-state index in [-0.39, 0.29) is 0 Å². The van der Waals surface area contributed by atoms with Crippen LogP contribution in [0, 0.1) is 0 Å². The van der Waals surface area contributed by atoms with Crippen LogP contribution in [0.2, 0.25) is 0 Å². The monoisotopic (exact) mass is 189 g/mol. The molecule has 0 aliphatic heterocycles. The highest BCUT2D eigenvalue weighted by atomic mass is 32.2. The lowest BCUT2D eigenvalue weighted by atomic mass is 10.2. The third-order valence-corrected chi connectivity index (χ3v) is 3.67. The van der Waals surface area contributed by atoms with Crippen molar-refractivity contribution in [1.82, 2.24) is 5.32 Å². The van der Waals surface area contributed by atoms with E-state index in [4.69, 9.17) is 0 Å². The van der Waals surface area contributed by atoms with Gasteiger partial charge in [0.1, 0.15) is 0 Å². The lowest BCUT2D eigenvalue weighted by Gasteiger charge is -2.19. The average Bonchev–Trinajstić information content (AvgIpc) is 2.03. The topological polar surface area (TPSA) is 12.0 Å². The zero-order valence-corrected chi connectivity index (χ0v) is 9.87. The summed E-state index contributed by atoms with van der Waals surface area (Å²) in [4.78, 5) is 0. The Balaban J connectivity index is 3.51. The minimum absolute atomic E-state index is 0.650. The zero-order valence-electron chi connectivity index (χ0n) is 9.05. The van der Waals surface area contributed by atoms with Gasteiger partial charge in [-0.3, -0.25) is 0 Å². The summed E-state index contributed by atoms with van der Waals surface area (Å²) in [5, 5.41) is 4.86. The van der Waals surface area contributed by atoms with Gasteiger partial charge >= 0.3 is 0 Å². The zero-order chi connectivity index (χ0) is 9.56. The highest BCUT2D eigenvalue weighted by Gasteiger charge is 2.10. The van der Waals surface area contributed by atoms with Crippen LogP contribution in [0.1, 0.15) is 40.5 Å². The third kappa shape index (κ3) is 5.90. The molecule has 3 atom stereocenters. The molecular weight excluding hydrogens is 166 g/mol. The molecule has 0 spiro atoms. The Morgan fingerprint density at radius 3 is 2.17 bits per heavy atom. The molecule has 0 heterocycles. The van der Waals surface area contributed by atoms with Crippen LogP contribution in [-0.4, -0.2) is 23.6 Å². The van der Waals surface area contributed by atoms with Gasteiger partial charge in [0.15, 0.2) is 0 Å². The van der Waals surface area contributed by atoms with Crippen LogP contribution in [-0.2, 0) is 0 Å². The minimum Gasteiger partial charge on any atom is -0.317 e. The van der Waals surface area contributed by atoms with Crippen LogP contribution in [0.3, 0.4) is 0 Å². The Kier molecular flexibility index (Phi) is 6.96. The Labute approximate surface area is 81.7 Å². The molecule has 0 aromatic rings. The van der Waals surface area contributed by atoms with E-state index in [9.17, 15) is 0 Å². The molecule has 0 aromatic carbocycles. The number of nitrogens with one attached hydrogen (secondary N) is 1. The number of hydrogen-bond acceptors (Lipinski definition) is 2. The molecule has 0 saturated heterocycles. The minimum atomic E-state index is 0.650. The molecule has 0 radical (unpaired) electrons. The van der Waals surface area contributed by atoms with Gasteiger partial charge < -0.3 is 5.32 Å². The van der Waals surface area contributed by atoms with E-state index in [1.807, 2.05) is 7.05 Å². The lowest BCUT2D eigenvalue weighted by molar-refractivity contribution is 0.563. The van der Waals surface area contributed by atoms with Gasteiger partial charge in [0.25, 0.3) is 0 Å². The van der Waals surface area contributed by atoms with Gasteiger partial charge in [-0.2, -0.15) is 11.8 Å². The molecule has 0 aliphatic rings. The average molecular weight is 189 g/mol. The summed E-state index contributed by atoms with van der Waals surface area (Å²) in [7, 11) is 2.03. The molecular formula is C10H23NS. The standard InChI is InChI=1S/C10H23NS/c1-6-9(3)12-10(4)7-8(2)11-5/h8-11H,6-7H2,1-5H3. The Morgan fingerprint density at radius 2 is 1.75 bits per heavy atom. The first-order chi connectivity index (χ1) is 5.60. The van der Waals surface area contributed by atoms with Crippen molar-refractivity contribution in [3.05, 3.63) is 0 Å². The predicted octanol–water partition coefficient (Wildman–Crippen LogP) is 2.90. The van der Waals surface area contributed by atoms with Gasteiger partial charge in [-0.25, -0.2) is 0 Å². The van der Waals surface area contributed by atoms with Crippen molar-refractivity contribution >= 4 is 11.8 Å². The molecule has 0 saturated carbocycles. The van der Waals surface area contributed by atoms with E-state index in [1.54, 1.807) is 0 Å². The van der Waals surface area contributed by atoms with Crippen LogP contribution in [0.25, 0.3) is 0 Å². The van der Waals surface area contributed by atoms with Gasteiger partial charge in [-0.1, -0.05) is 20.8 Å². The summed E-state index contributed by atoms with van der Waals surface area (Å²) in [6.07, 6.45) is 2.55. The normalized spacial score (nSPS) is 18.8. The number of thioether (sulfide) groups is 1. The fourth-order valence-corrected chi connectivity index (χ4v) is 2.55. The SMILES string of the molecule is CCC(C)SC(C)CC(C)NC. The molecule has 0 fully saturated rings. The second kappa shape index (κ2) is 6.79. The molecule has 1 N–H and O–H groups in total. The first-order valence-electron chi connectivity index (χ1n) is 4.92. The summed E-state index contributed by atoms with van der Waals surface area (Å²) >= 11 is 2.10. The molecule has 0 aromatic heterocycles. The predicted molar refractivity (Wildman–Crippen MR) is 59.9 cm³/mol. The van der Waals surface area contributed by atoms with Gasteiger partial charge in [0, 0.05) is 16.5 Å². The number of rotatable bonds is 6. The van der Waals surface area contributed by atoms with Crippen molar-refractivity contribution in [2.24, 2.45) is 0 Å². The highest BCUT2D eigenvalue weighted by Crippen LogP contribution is 2.22. The third-order valence-electron chi connectivity index (χ3n) is 2.22. The van der Waals surface area contributed by atoms with Crippen molar-refractivity contribution in [2.45, 2.75) is 57.1 Å². The van der Waals surface area contributed by atoms with E-state index < -0.39 is 0 Å². The largest absolute Gasteiger partial charge is 0.317 e. The van der Waals surface area contributed by atoms with Gasteiger partial charge in [0.2, 0.25) is 0 Å². The van der Waals surface area contributed by atoms with E-state index in [2.05, 4.69) is 44.8 Å². The molecule has 0 aliphatic carbocycles. The Hall–Kier alpha value is 0.310. The summed E-state index contributed by atoms with van der Waals surface area (Å²) < 4.78 is 0. The maximum atomic E-state index is 3.27. The Morgan fingerprint density at radius 1 is 1.17 bits per heavy atom. The summed E-state index contributed by atoms with van der Waals surface area (Å²) in [5.74, 6) is 0. The van der Waals surface area contributed by atoms with Crippen LogP contribution in [0.5, 0.6) is 0 Å². The van der Waals surface area contributed by atoms with Crippen molar-refractivity contribution in [2.75, 3.05) is 7.05 Å². The van der Waals surface area contributed by atoms with Crippen LogP contribution < -0.4 is 5.32 Å². The second-order valence-electron chi connectivity index (χ2n) is 3.59. The number of hydrogen-bond donors (Lipinski definition) is 1. The van der Waals surface area contributed by atoms with Crippen LogP contribution in [0.15, 0.2) is 0 Å². The lowest BCUT2D eigenvalue weighted by Crippen LogP contribution is -2.24. The molecule has 1 nitrogen and oxygen atoms in total. The fraction of sp³-hybridized carbons (Fsp3) is 1.00. The molecule has 0 rings (SSSR count). The van der Waals surface area contributed by atoms with E-state index in [0.29, 0.717) is 6.04 Å². The maximum absolute atomic E-state index is 3.27. The van der Waals surface area contributed by atoms with Crippen molar-refractivity contribution in [3.8, 4) is 0 Å². The molecule has 2 heteroatoms. The molecule has 0 amide bonds. The van der Waals surface area contributed by atoms with Gasteiger partial charge in [0.05, 0.1) is 0 Å². The summed E-state index contributed by atoms with van der Waals surface area (Å²) in [5.41, 5.74) is 0. The Bertz CT molecular complexity index is 94.0. The quantitative estimate of drug-likeness (QED) is 0.689. The summed E-state index contributed by atoms with van der Waals surface area (Å²) in [6.45, 7) is 9.13. The fourth-order valence-electron chi connectivity index (χ4n) is 1.16. The van der Waals surface area contributed by atoms with Crippen molar-refractivity contribution < 1.29 is 0 Å². The first kappa shape index (κ1) is 12.3. The van der Waals surface area contributed by atoms with Crippen molar-refractivity contribution in [3.63, 3.8) is 0 Å². The van der Waals surface area contributed by atoms with Gasteiger partial charge in [-0.05, 0) is 26.8 Å². The molecule has 12 heavy (non-hydrogen) atoms. The van der Waals surface area contributed by atoms with Crippen LogP contribution in [0.4, 0.5) is 0 Å². The highest BCUT2D eigenvalue weighted by molar-refractivity contribution is 8.00. The second-order valence-corrected chi connectivity index (χ2v) is 5.47. The molecule has 3 unspecified atom stereocenters. The molecule has 74 valence electrons. The first-order valence-corrected chi connectivity index (χ1v) is 5.87. The maximum Gasteiger partial charge on any atom is 0.00461 e. The van der Waals surface area contributed by atoms with E-state index in [1.165, 1.54) is 12.8 Å². The van der Waals surface area contributed by atoms with E-state index >= 15 is 0 Å².